The van der Waals surface area contributed by atoms with Crippen LogP contribution in [0.25, 0.3) is 16.9 Å². The molecule has 0 amide bonds. The molecule has 0 bridgehead atoms. The lowest BCUT2D eigenvalue weighted by molar-refractivity contribution is 0.587. The van der Waals surface area contributed by atoms with Crippen molar-refractivity contribution < 1.29 is 8.78 Å². The number of hydrogen-bond acceptors (Lipinski definition) is 2. The fraction of sp³-hybridized carbons (Fsp3) is 0. The van der Waals surface area contributed by atoms with Gasteiger partial charge in [-0.15, -0.1) is 5.10 Å². The number of aromatic amines is 1. The van der Waals surface area contributed by atoms with E-state index in [9.17, 15) is 8.78 Å². The Hall–Kier alpha value is -2.24. The van der Waals surface area contributed by atoms with Crippen molar-refractivity contribution in [2.75, 3.05) is 0 Å². The number of imidazole rings is 1. The molecule has 1 N–H and O–H groups in total. The van der Waals surface area contributed by atoms with E-state index >= 15 is 0 Å². The molecule has 0 radical (unpaired) electrons. The van der Waals surface area contributed by atoms with Crippen LogP contribution in [0.15, 0.2) is 30.7 Å². The molecule has 4 nitrogen and oxygen atoms in total. The van der Waals surface area contributed by atoms with Gasteiger partial charge in [0.15, 0.2) is 5.65 Å². The standard InChI is InChI=1S/C10H6F2N4/c11-6-1-2-7(12)9(3-6)16-4-8-10(15-16)14-5-13-8/h1-5H,(H,13,14,15). The zero-order valence-corrected chi connectivity index (χ0v) is 7.98. The summed E-state index contributed by atoms with van der Waals surface area (Å²) in [6.45, 7) is 0. The lowest BCUT2D eigenvalue weighted by Gasteiger charge is -2.02. The van der Waals surface area contributed by atoms with Crippen LogP contribution >= 0.6 is 0 Å². The average molecular weight is 220 g/mol. The van der Waals surface area contributed by atoms with E-state index in [1.54, 1.807) is 6.20 Å². The second kappa shape index (κ2) is 3.13. The van der Waals surface area contributed by atoms with Crippen molar-refractivity contribution in [2.24, 2.45) is 0 Å². The van der Waals surface area contributed by atoms with E-state index in [4.69, 9.17) is 0 Å². The monoisotopic (exact) mass is 220 g/mol. The van der Waals surface area contributed by atoms with Crippen LogP contribution in [-0.2, 0) is 0 Å². The molecule has 80 valence electrons. The van der Waals surface area contributed by atoms with Gasteiger partial charge in [-0.3, -0.25) is 0 Å². The van der Waals surface area contributed by atoms with Crippen LogP contribution in [0.5, 0.6) is 0 Å². The summed E-state index contributed by atoms with van der Waals surface area (Å²) in [5, 5.41) is 4.01. The summed E-state index contributed by atoms with van der Waals surface area (Å²) < 4.78 is 27.7. The minimum atomic E-state index is -0.536. The van der Waals surface area contributed by atoms with Gasteiger partial charge in [-0.2, -0.15) is 0 Å². The highest BCUT2D eigenvalue weighted by Gasteiger charge is 2.09. The Balaban J connectivity index is 2.22. The number of benzene rings is 1. The smallest absolute Gasteiger partial charge is 0.199 e. The van der Waals surface area contributed by atoms with E-state index in [1.165, 1.54) is 11.0 Å². The topological polar surface area (TPSA) is 46.5 Å². The Morgan fingerprint density at radius 1 is 1.25 bits per heavy atom. The molecule has 2 heterocycles. The summed E-state index contributed by atoms with van der Waals surface area (Å²) in [5.74, 6) is -1.05. The SMILES string of the molecule is Fc1ccc(F)c(-n2cc3[nH]cnc3n2)c1. The molecule has 3 rings (SSSR count). The normalized spacial score (nSPS) is 11.1. The quantitative estimate of drug-likeness (QED) is 0.682. The number of rotatable bonds is 1. The van der Waals surface area contributed by atoms with Crippen molar-refractivity contribution in [3.05, 3.63) is 42.4 Å². The molecule has 0 atom stereocenters. The van der Waals surface area contributed by atoms with Crippen LogP contribution in [0.2, 0.25) is 0 Å². The van der Waals surface area contributed by atoms with Gasteiger partial charge in [-0.25, -0.2) is 18.4 Å². The van der Waals surface area contributed by atoms with Crippen LogP contribution in [0, 0.1) is 11.6 Å². The van der Waals surface area contributed by atoms with Gasteiger partial charge in [0, 0.05) is 6.07 Å². The first-order chi connectivity index (χ1) is 7.74. The first kappa shape index (κ1) is 9.02. The number of fused-ring (bicyclic) bond motifs is 1. The molecule has 6 heteroatoms. The molecule has 0 aliphatic carbocycles. The summed E-state index contributed by atoms with van der Waals surface area (Å²) >= 11 is 0. The number of nitrogens with zero attached hydrogens (tertiary/aromatic N) is 3. The van der Waals surface area contributed by atoms with Gasteiger partial charge >= 0.3 is 0 Å². The molecule has 2 aromatic heterocycles. The van der Waals surface area contributed by atoms with Crippen molar-refractivity contribution in [1.82, 2.24) is 19.7 Å². The van der Waals surface area contributed by atoms with Crippen LogP contribution in [0.1, 0.15) is 0 Å². The average Bonchev–Trinajstić information content (AvgIpc) is 2.81. The molecule has 0 saturated heterocycles. The summed E-state index contributed by atoms with van der Waals surface area (Å²) in [4.78, 5) is 6.75. The maximum Gasteiger partial charge on any atom is 0.199 e. The van der Waals surface area contributed by atoms with Crippen LogP contribution in [0.4, 0.5) is 8.78 Å². The number of nitrogens with one attached hydrogen (secondary N) is 1. The molecule has 0 saturated carbocycles. The molecule has 0 aliphatic heterocycles. The Labute approximate surface area is 88.5 Å². The van der Waals surface area contributed by atoms with Gasteiger partial charge in [0.1, 0.15) is 22.8 Å². The maximum absolute atomic E-state index is 13.4. The van der Waals surface area contributed by atoms with Crippen molar-refractivity contribution in [3.63, 3.8) is 0 Å². The first-order valence-electron chi connectivity index (χ1n) is 4.58. The Kier molecular flexibility index (Phi) is 1.76. The third kappa shape index (κ3) is 1.27. The highest BCUT2D eigenvalue weighted by atomic mass is 19.1. The van der Waals surface area contributed by atoms with E-state index in [0.717, 1.165) is 18.2 Å². The van der Waals surface area contributed by atoms with Crippen LogP contribution in [-0.4, -0.2) is 19.7 Å². The number of hydrogen-bond donors (Lipinski definition) is 1. The summed E-state index contributed by atoms with van der Waals surface area (Å²) in [7, 11) is 0. The molecular weight excluding hydrogens is 214 g/mol. The molecule has 16 heavy (non-hydrogen) atoms. The lowest BCUT2D eigenvalue weighted by Crippen LogP contribution is -1.99. The van der Waals surface area contributed by atoms with Crippen molar-refractivity contribution in [3.8, 4) is 5.69 Å². The zero-order chi connectivity index (χ0) is 11.1. The minimum Gasteiger partial charge on any atom is -0.342 e. The number of aromatic nitrogens is 4. The minimum absolute atomic E-state index is 0.0615. The molecule has 0 unspecified atom stereocenters. The predicted octanol–water partition coefficient (Wildman–Crippen LogP) is 2.03. The highest BCUT2D eigenvalue weighted by molar-refractivity contribution is 5.69. The highest BCUT2D eigenvalue weighted by Crippen LogP contribution is 2.16. The third-order valence-electron chi connectivity index (χ3n) is 2.26. The Bertz CT molecular complexity index is 627. The summed E-state index contributed by atoms with van der Waals surface area (Å²) in [6.07, 6.45) is 3.05. The van der Waals surface area contributed by atoms with Crippen molar-refractivity contribution in [2.45, 2.75) is 0 Å². The maximum atomic E-state index is 13.4. The predicted molar refractivity (Wildman–Crippen MR) is 53.1 cm³/mol. The van der Waals surface area contributed by atoms with E-state index in [2.05, 4.69) is 15.1 Å². The second-order valence-electron chi connectivity index (χ2n) is 3.31. The van der Waals surface area contributed by atoms with Gasteiger partial charge in [-0.05, 0) is 12.1 Å². The van der Waals surface area contributed by atoms with E-state index in [0.29, 0.717) is 11.2 Å². The lowest BCUT2D eigenvalue weighted by atomic mass is 10.3. The third-order valence-corrected chi connectivity index (χ3v) is 2.26. The molecule has 0 spiro atoms. The number of halogens is 2. The zero-order valence-electron chi connectivity index (χ0n) is 7.98. The largest absolute Gasteiger partial charge is 0.342 e. The van der Waals surface area contributed by atoms with Crippen LogP contribution in [0.3, 0.4) is 0 Å². The van der Waals surface area contributed by atoms with Gasteiger partial charge in [0.05, 0.1) is 12.5 Å². The summed E-state index contributed by atoms with van der Waals surface area (Å²) in [5.41, 5.74) is 1.19. The fourth-order valence-electron chi connectivity index (χ4n) is 1.51. The van der Waals surface area contributed by atoms with E-state index in [1.807, 2.05) is 0 Å². The molecule has 1 aromatic carbocycles. The Morgan fingerprint density at radius 2 is 2.12 bits per heavy atom. The van der Waals surface area contributed by atoms with Crippen LogP contribution < -0.4 is 0 Å². The van der Waals surface area contributed by atoms with Crippen molar-refractivity contribution >= 4 is 11.2 Å². The Morgan fingerprint density at radius 3 is 2.94 bits per heavy atom. The number of H-pyrrole nitrogens is 1. The molecular formula is C10H6F2N4. The van der Waals surface area contributed by atoms with Gasteiger partial charge in [0.25, 0.3) is 0 Å². The molecule has 3 aromatic rings. The molecule has 0 aliphatic rings. The second-order valence-corrected chi connectivity index (χ2v) is 3.31. The summed E-state index contributed by atoms with van der Waals surface area (Å²) in [6, 6.07) is 3.21. The van der Waals surface area contributed by atoms with Crippen molar-refractivity contribution in [1.29, 1.82) is 0 Å². The fourth-order valence-corrected chi connectivity index (χ4v) is 1.51. The van der Waals surface area contributed by atoms with E-state index < -0.39 is 11.6 Å². The van der Waals surface area contributed by atoms with Gasteiger partial charge in [-0.1, -0.05) is 0 Å². The first-order valence-corrected chi connectivity index (χ1v) is 4.58. The van der Waals surface area contributed by atoms with Gasteiger partial charge < -0.3 is 4.98 Å². The molecule has 0 fully saturated rings. The van der Waals surface area contributed by atoms with E-state index in [-0.39, 0.29) is 5.69 Å². The van der Waals surface area contributed by atoms with Gasteiger partial charge in [0.2, 0.25) is 0 Å².